The molecule has 4 rings (SSSR count). The van der Waals surface area contributed by atoms with Crippen molar-refractivity contribution in [1.82, 2.24) is 4.31 Å². The Balaban J connectivity index is 1.58. The molecule has 1 unspecified atom stereocenters. The zero-order chi connectivity index (χ0) is 21.1. The summed E-state index contributed by atoms with van der Waals surface area (Å²) in [5, 5.41) is 1.68. The van der Waals surface area contributed by atoms with Crippen LogP contribution in [0.2, 0.25) is 0 Å². The summed E-state index contributed by atoms with van der Waals surface area (Å²) in [4.78, 5) is 25.2. The van der Waals surface area contributed by atoms with Crippen LogP contribution >= 0.6 is 11.3 Å². The van der Waals surface area contributed by atoms with E-state index in [-0.39, 0.29) is 23.0 Å². The number of carbonyl (C=O) groups excluding carboxylic acids is 2. The maximum absolute atomic E-state index is 13.2. The molecule has 0 fully saturated rings. The van der Waals surface area contributed by atoms with Crippen LogP contribution in [0.4, 0.5) is 0 Å². The highest BCUT2D eigenvalue weighted by molar-refractivity contribution is 7.91. The van der Waals surface area contributed by atoms with Crippen LogP contribution in [-0.2, 0) is 32.5 Å². The lowest BCUT2D eigenvalue weighted by Gasteiger charge is -2.34. The molecule has 8 heteroatoms. The minimum Gasteiger partial charge on any atom is -0.456 e. The van der Waals surface area contributed by atoms with Gasteiger partial charge in [-0.05, 0) is 22.6 Å². The fraction of sp³-hybridized carbons (Fsp3) is 0.182. The standard InChI is InChI=1S/C22H19NO5S2/c24-20(16-7-2-1-3-8-16)15-28-22(25)19-13-17-9-4-5-10-18(17)14-23(19)30(26,27)21-11-6-12-29-21/h1-12,19H,13-15H2. The van der Waals surface area contributed by atoms with Gasteiger partial charge in [0.2, 0.25) is 0 Å². The summed E-state index contributed by atoms with van der Waals surface area (Å²) in [6.07, 6.45) is 0.194. The smallest absolute Gasteiger partial charge is 0.325 e. The Morgan fingerprint density at radius 1 is 0.967 bits per heavy atom. The number of esters is 1. The molecule has 3 aromatic rings. The second-order valence-corrected chi connectivity index (χ2v) is 9.93. The zero-order valence-corrected chi connectivity index (χ0v) is 17.6. The summed E-state index contributed by atoms with van der Waals surface area (Å²) in [6, 6.07) is 18.1. The zero-order valence-electron chi connectivity index (χ0n) is 15.9. The molecule has 154 valence electrons. The van der Waals surface area contributed by atoms with Crippen molar-refractivity contribution in [2.24, 2.45) is 0 Å². The lowest BCUT2D eigenvalue weighted by molar-refractivity contribution is -0.147. The van der Waals surface area contributed by atoms with Gasteiger partial charge in [-0.2, -0.15) is 4.31 Å². The van der Waals surface area contributed by atoms with Crippen LogP contribution in [0, 0.1) is 0 Å². The summed E-state index contributed by atoms with van der Waals surface area (Å²) in [5.41, 5.74) is 2.18. The molecule has 1 aliphatic heterocycles. The maximum Gasteiger partial charge on any atom is 0.325 e. The molecule has 30 heavy (non-hydrogen) atoms. The first-order chi connectivity index (χ1) is 14.5. The van der Waals surface area contributed by atoms with E-state index in [1.54, 1.807) is 41.8 Å². The van der Waals surface area contributed by atoms with Crippen molar-refractivity contribution in [2.45, 2.75) is 23.2 Å². The van der Waals surface area contributed by atoms with Crippen molar-refractivity contribution in [3.63, 3.8) is 0 Å². The van der Waals surface area contributed by atoms with E-state index in [9.17, 15) is 18.0 Å². The van der Waals surface area contributed by atoms with Gasteiger partial charge in [0.15, 0.2) is 12.4 Å². The number of ketones is 1. The van der Waals surface area contributed by atoms with Crippen LogP contribution in [0.3, 0.4) is 0 Å². The highest BCUT2D eigenvalue weighted by Gasteiger charge is 2.41. The van der Waals surface area contributed by atoms with Crippen molar-refractivity contribution < 1.29 is 22.7 Å². The molecule has 1 atom stereocenters. The number of hydrogen-bond donors (Lipinski definition) is 0. The van der Waals surface area contributed by atoms with Gasteiger partial charge in [0.1, 0.15) is 10.3 Å². The van der Waals surface area contributed by atoms with E-state index in [2.05, 4.69) is 0 Å². The van der Waals surface area contributed by atoms with Gasteiger partial charge in [-0.1, -0.05) is 60.7 Å². The van der Waals surface area contributed by atoms with E-state index >= 15 is 0 Å². The van der Waals surface area contributed by atoms with Gasteiger partial charge in [-0.25, -0.2) is 8.42 Å². The van der Waals surface area contributed by atoms with Gasteiger partial charge in [0.25, 0.3) is 10.0 Å². The predicted molar refractivity (Wildman–Crippen MR) is 113 cm³/mol. The lowest BCUT2D eigenvalue weighted by Crippen LogP contribution is -2.49. The molecule has 1 aromatic heterocycles. The van der Waals surface area contributed by atoms with Gasteiger partial charge in [-0.15, -0.1) is 11.3 Å². The Kier molecular flexibility index (Phi) is 5.80. The Morgan fingerprint density at radius 2 is 1.67 bits per heavy atom. The summed E-state index contributed by atoms with van der Waals surface area (Å²) >= 11 is 1.10. The number of hydrogen-bond acceptors (Lipinski definition) is 6. The van der Waals surface area contributed by atoms with Crippen molar-refractivity contribution in [1.29, 1.82) is 0 Å². The van der Waals surface area contributed by atoms with Crippen molar-refractivity contribution in [3.05, 3.63) is 88.8 Å². The van der Waals surface area contributed by atoms with Crippen molar-refractivity contribution in [3.8, 4) is 0 Å². The highest BCUT2D eigenvalue weighted by Crippen LogP contribution is 2.31. The quantitative estimate of drug-likeness (QED) is 0.433. The number of rotatable bonds is 6. The largest absolute Gasteiger partial charge is 0.456 e. The van der Waals surface area contributed by atoms with E-state index in [1.165, 1.54) is 10.4 Å². The molecule has 0 saturated heterocycles. The molecule has 0 N–H and O–H groups in total. The number of Topliss-reactive ketones (excluding diaryl/α,β-unsaturated/α-hetero) is 1. The molecule has 2 heterocycles. The Morgan fingerprint density at radius 3 is 2.37 bits per heavy atom. The third kappa shape index (κ3) is 4.07. The second kappa shape index (κ2) is 8.51. The molecule has 0 aliphatic carbocycles. The Bertz CT molecular complexity index is 1160. The molecule has 2 aromatic carbocycles. The van der Waals surface area contributed by atoms with Crippen LogP contribution < -0.4 is 0 Å². The number of nitrogens with zero attached hydrogens (tertiary/aromatic N) is 1. The van der Waals surface area contributed by atoms with Gasteiger partial charge in [0.05, 0.1) is 0 Å². The number of sulfonamides is 1. The lowest BCUT2D eigenvalue weighted by atomic mass is 9.96. The molecule has 0 spiro atoms. The summed E-state index contributed by atoms with van der Waals surface area (Å²) in [7, 11) is -3.88. The summed E-state index contributed by atoms with van der Waals surface area (Å²) < 4.78 is 33.0. The van der Waals surface area contributed by atoms with Crippen LogP contribution in [0.5, 0.6) is 0 Å². The molecule has 6 nitrogen and oxygen atoms in total. The summed E-state index contributed by atoms with van der Waals surface area (Å²) in [6.45, 7) is -0.364. The third-order valence-corrected chi connectivity index (χ3v) is 8.20. The van der Waals surface area contributed by atoms with Gasteiger partial charge in [0, 0.05) is 18.5 Å². The van der Waals surface area contributed by atoms with Crippen LogP contribution in [0.15, 0.2) is 76.3 Å². The monoisotopic (exact) mass is 441 g/mol. The van der Waals surface area contributed by atoms with Gasteiger partial charge in [-0.3, -0.25) is 9.59 Å². The normalized spacial score (nSPS) is 16.6. The van der Waals surface area contributed by atoms with Crippen LogP contribution in [0.25, 0.3) is 0 Å². The van der Waals surface area contributed by atoms with E-state index in [0.29, 0.717) is 5.56 Å². The average Bonchev–Trinajstić information content (AvgIpc) is 3.33. The number of benzene rings is 2. The predicted octanol–water partition coefficient (Wildman–Crippen LogP) is 3.29. The first-order valence-electron chi connectivity index (χ1n) is 9.34. The third-order valence-electron chi connectivity index (χ3n) is 4.98. The molecule has 0 bridgehead atoms. The first kappa shape index (κ1) is 20.5. The topological polar surface area (TPSA) is 80.8 Å². The number of carbonyl (C=O) groups is 2. The minimum atomic E-state index is -3.88. The maximum atomic E-state index is 13.2. The second-order valence-electron chi connectivity index (χ2n) is 6.87. The number of fused-ring (bicyclic) bond motifs is 1. The molecular weight excluding hydrogens is 422 g/mol. The fourth-order valence-corrected chi connectivity index (χ4v) is 6.09. The van der Waals surface area contributed by atoms with Crippen LogP contribution in [-0.4, -0.2) is 37.1 Å². The minimum absolute atomic E-state index is 0.0722. The Labute approximate surface area is 178 Å². The average molecular weight is 442 g/mol. The van der Waals surface area contributed by atoms with E-state index in [0.717, 1.165) is 22.5 Å². The summed E-state index contributed by atoms with van der Waals surface area (Å²) in [5.74, 6) is -1.07. The Hall–Kier alpha value is -2.81. The fourth-order valence-electron chi connectivity index (χ4n) is 3.42. The number of ether oxygens (including phenoxy) is 1. The van der Waals surface area contributed by atoms with Gasteiger partial charge >= 0.3 is 5.97 Å². The molecule has 0 amide bonds. The van der Waals surface area contributed by atoms with E-state index in [4.69, 9.17) is 4.74 Å². The molecule has 0 saturated carbocycles. The highest BCUT2D eigenvalue weighted by atomic mass is 32.2. The first-order valence-corrected chi connectivity index (χ1v) is 11.7. The van der Waals surface area contributed by atoms with Crippen molar-refractivity contribution in [2.75, 3.05) is 6.61 Å². The van der Waals surface area contributed by atoms with Crippen molar-refractivity contribution >= 4 is 33.1 Å². The number of thiophene rings is 1. The molecular formula is C22H19NO5S2. The SMILES string of the molecule is O=C(COC(=O)C1Cc2ccccc2CN1S(=O)(=O)c1cccs1)c1ccccc1. The molecule has 1 aliphatic rings. The molecule has 0 radical (unpaired) electrons. The van der Waals surface area contributed by atoms with Gasteiger partial charge < -0.3 is 4.74 Å². The van der Waals surface area contributed by atoms with Crippen LogP contribution in [0.1, 0.15) is 21.5 Å². The van der Waals surface area contributed by atoms with E-state index < -0.39 is 28.6 Å². The van der Waals surface area contributed by atoms with E-state index in [1.807, 2.05) is 24.3 Å².